The van der Waals surface area contributed by atoms with Crippen LogP contribution in [0.4, 0.5) is 0 Å². The summed E-state index contributed by atoms with van der Waals surface area (Å²) in [5.41, 5.74) is 0. The van der Waals surface area contributed by atoms with Gasteiger partial charge in [-0.1, -0.05) is 270 Å². The van der Waals surface area contributed by atoms with Gasteiger partial charge in [0.25, 0.3) is 0 Å². The van der Waals surface area contributed by atoms with Crippen LogP contribution in [0.3, 0.4) is 0 Å². The van der Waals surface area contributed by atoms with Gasteiger partial charge in [-0.3, -0.25) is 4.79 Å². The second-order valence-electron chi connectivity index (χ2n) is 21.8. The molecule has 80 heavy (non-hydrogen) atoms. The number of allylic oxidation sites excluding steroid dienone is 21. The Bertz CT molecular complexity index is 1720. The number of aliphatic hydroxyl groups is 5. The van der Waals surface area contributed by atoms with Crippen LogP contribution in [0, 0.1) is 0 Å². The number of carbonyl (C=O) groups is 1. The third kappa shape index (κ3) is 46.9. The van der Waals surface area contributed by atoms with Gasteiger partial charge in [-0.15, -0.1) is 0 Å². The van der Waals surface area contributed by atoms with Crippen molar-refractivity contribution in [3.63, 3.8) is 0 Å². The van der Waals surface area contributed by atoms with Crippen molar-refractivity contribution in [2.24, 2.45) is 0 Å². The maximum absolute atomic E-state index is 13.1. The smallest absolute Gasteiger partial charge is 0.220 e. The van der Waals surface area contributed by atoms with Gasteiger partial charge < -0.3 is 40.3 Å². The van der Waals surface area contributed by atoms with E-state index in [1.165, 1.54) is 116 Å². The summed E-state index contributed by atoms with van der Waals surface area (Å²) in [4.78, 5) is 13.1. The largest absolute Gasteiger partial charge is 0.394 e. The molecular formula is C71H119NO8. The van der Waals surface area contributed by atoms with Gasteiger partial charge in [0.2, 0.25) is 5.91 Å². The van der Waals surface area contributed by atoms with Crippen molar-refractivity contribution < 1.29 is 39.8 Å². The van der Waals surface area contributed by atoms with Crippen LogP contribution in [-0.2, 0) is 14.3 Å². The minimum absolute atomic E-state index is 0.219. The summed E-state index contributed by atoms with van der Waals surface area (Å²) in [6.45, 7) is 3.64. The molecule has 1 fully saturated rings. The molecule has 456 valence electrons. The zero-order valence-corrected chi connectivity index (χ0v) is 50.8. The van der Waals surface area contributed by atoms with Crippen LogP contribution in [0.2, 0.25) is 0 Å². The summed E-state index contributed by atoms with van der Waals surface area (Å²) in [6.07, 6.45) is 82.5. The van der Waals surface area contributed by atoms with Crippen molar-refractivity contribution in [1.82, 2.24) is 5.32 Å². The lowest BCUT2D eigenvalue weighted by Crippen LogP contribution is -2.60. The average molecular weight is 1110 g/mol. The SMILES string of the molecule is CC/C=C\C/C=C\C/C=C\C/C=C\C/C=C\C/C=C\C/C=C\C/C=C\CCCCCCC(=O)NC(COC1OC(CO)C(O)C(O)C1O)C(O)/C=C/CC/C=C/CC/C=C/CCCCCCCCCCCCCCCCCCCC. The maximum atomic E-state index is 13.1. The highest BCUT2D eigenvalue weighted by molar-refractivity contribution is 5.76. The van der Waals surface area contributed by atoms with Crippen LogP contribution in [0.5, 0.6) is 0 Å². The molecule has 0 saturated carbocycles. The van der Waals surface area contributed by atoms with Crippen molar-refractivity contribution in [3.8, 4) is 0 Å². The van der Waals surface area contributed by atoms with E-state index >= 15 is 0 Å². The molecule has 0 aliphatic carbocycles. The number of aliphatic hydroxyl groups excluding tert-OH is 5. The molecule has 0 aromatic rings. The zero-order valence-electron chi connectivity index (χ0n) is 50.8. The van der Waals surface area contributed by atoms with E-state index in [1.54, 1.807) is 6.08 Å². The van der Waals surface area contributed by atoms with E-state index in [4.69, 9.17) is 9.47 Å². The number of amides is 1. The van der Waals surface area contributed by atoms with E-state index in [1.807, 2.05) is 6.08 Å². The quantitative estimate of drug-likeness (QED) is 0.0261. The summed E-state index contributed by atoms with van der Waals surface area (Å²) in [5, 5.41) is 54.6. The normalized spacial score (nSPS) is 19.4. The first-order valence-electron chi connectivity index (χ1n) is 32.4. The van der Waals surface area contributed by atoms with Crippen LogP contribution in [0.25, 0.3) is 0 Å². The lowest BCUT2D eigenvalue weighted by molar-refractivity contribution is -0.302. The monoisotopic (exact) mass is 1110 g/mol. The first-order chi connectivity index (χ1) is 39.3. The molecule has 7 atom stereocenters. The number of rotatable bonds is 54. The Labute approximate surface area is 490 Å². The molecule has 6 N–H and O–H groups in total. The Kier molecular flexibility index (Phi) is 54.4. The molecule has 7 unspecified atom stereocenters. The van der Waals surface area contributed by atoms with E-state index in [0.717, 1.165) is 103 Å². The van der Waals surface area contributed by atoms with Gasteiger partial charge in [0.1, 0.15) is 24.4 Å². The van der Waals surface area contributed by atoms with Crippen LogP contribution < -0.4 is 5.32 Å². The molecule has 9 heteroatoms. The molecule has 1 heterocycles. The third-order valence-corrected chi connectivity index (χ3v) is 14.4. The highest BCUT2D eigenvalue weighted by Crippen LogP contribution is 2.23. The van der Waals surface area contributed by atoms with Gasteiger partial charge in [-0.05, 0) is 109 Å². The van der Waals surface area contributed by atoms with Crippen LogP contribution in [-0.4, -0.2) is 87.5 Å². The van der Waals surface area contributed by atoms with E-state index in [9.17, 15) is 30.3 Å². The second-order valence-corrected chi connectivity index (χ2v) is 21.8. The lowest BCUT2D eigenvalue weighted by atomic mass is 9.99. The Morgan fingerprint density at radius 1 is 0.438 bits per heavy atom. The fraction of sp³-hybridized carbons (Fsp3) is 0.676. The summed E-state index contributed by atoms with van der Waals surface area (Å²) in [6, 6.07) is -0.854. The standard InChI is InChI=1S/C71H119NO8/c1-3-5-7-9-11-13-15-17-19-21-23-25-27-29-31-33-35-37-39-41-43-45-47-49-51-53-55-57-59-61-67(75)72-64(63-79-71-70(78)69(77)68(76)66(62-73)80-71)65(74)60-58-56-54-52-50-48-46-44-42-40-38-36-34-32-30-28-26-24-22-20-18-16-14-12-10-8-6-4-2/h5,7,11,13,17,19,23,25,29,31,35,37,41-44,47,49-50,52,58,60,64-66,68-71,73-74,76-78H,3-4,6,8-10,12,14-16,18,20-22,24,26-28,30,32-34,36,38-40,45-46,48,51,53-57,59,61-63H2,1-2H3,(H,72,75)/b7-5-,13-11-,19-17-,25-23-,31-29-,37-35-,43-41-,44-42+,49-47-,52-50+,60-58+. The molecule has 1 rings (SSSR count). The number of hydrogen-bond donors (Lipinski definition) is 6. The summed E-state index contributed by atoms with van der Waals surface area (Å²) in [5.74, 6) is -0.219. The molecule has 1 aliphatic rings. The highest BCUT2D eigenvalue weighted by atomic mass is 16.7. The predicted molar refractivity (Wildman–Crippen MR) is 340 cm³/mol. The number of unbranched alkanes of at least 4 members (excludes halogenated alkanes) is 24. The van der Waals surface area contributed by atoms with Gasteiger partial charge in [0.15, 0.2) is 6.29 Å². The predicted octanol–water partition coefficient (Wildman–Crippen LogP) is 17.2. The number of nitrogens with one attached hydrogen (secondary N) is 1. The molecular weight excluding hydrogens is 995 g/mol. The molecule has 1 saturated heterocycles. The molecule has 1 aliphatic heterocycles. The Balaban J connectivity index is 2.27. The number of carbonyl (C=O) groups excluding carboxylic acids is 1. The highest BCUT2D eigenvalue weighted by Gasteiger charge is 2.44. The summed E-state index contributed by atoms with van der Waals surface area (Å²) >= 11 is 0. The molecule has 0 aromatic carbocycles. The zero-order chi connectivity index (χ0) is 57.9. The van der Waals surface area contributed by atoms with Gasteiger partial charge in [0.05, 0.1) is 25.4 Å². The van der Waals surface area contributed by atoms with Gasteiger partial charge in [-0.25, -0.2) is 0 Å². The van der Waals surface area contributed by atoms with Crippen LogP contribution >= 0.6 is 0 Å². The molecule has 0 bridgehead atoms. The Hall–Kier alpha value is -3.67. The average Bonchev–Trinajstić information content (AvgIpc) is 3.46. The third-order valence-electron chi connectivity index (χ3n) is 14.4. The maximum Gasteiger partial charge on any atom is 0.220 e. The van der Waals surface area contributed by atoms with E-state index in [0.29, 0.717) is 19.3 Å². The summed E-state index contributed by atoms with van der Waals surface area (Å²) < 4.78 is 11.3. The van der Waals surface area contributed by atoms with E-state index < -0.39 is 49.5 Å². The van der Waals surface area contributed by atoms with Crippen molar-refractivity contribution in [1.29, 1.82) is 0 Å². The molecule has 1 amide bonds. The van der Waals surface area contributed by atoms with Crippen molar-refractivity contribution in [2.75, 3.05) is 13.2 Å². The number of ether oxygens (including phenoxy) is 2. The molecule has 0 radical (unpaired) electrons. The Morgan fingerprint density at radius 2 is 0.787 bits per heavy atom. The topological polar surface area (TPSA) is 149 Å². The molecule has 9 nitrogen and oxygen atoms in total. The summed E-state index contributed by atoms with van der Waals surface area (Å²) in [7, 11) is 0. The minimum Gasteiger partial charge on any atom is -0.394 e. The second kappa shape index (κ2) is 58.5. The van der Waals surface area contributed by atoms with E-state index in [2.05, 4.69) is 141 Å². The Morgan fingerprint density at radius 3 is 1.20 bits per heavy atom. The first-order valence-corrected chi connectivity index (χ1v) is 32.4. The molecule has 0 aromatic heterocycles. The first kappa shape index (κ1) is 74.3. The fourth-order valence-electron chi connectivity index (χ4n) is 9.38. The minimum atomic E-state index is -1.59. The van der Waals surface area contributed by atoms with Crippen molar-refractivity contribution in [3.05, 3.63) is 134 Å². The van der Waals surface area contributed by atoms with Crippen LogP contribution in [0.15, 0.2) is 134 Å². The fourth-order valence-corrected chi connectivity index (χ4v) is 9.38. The van der Waals surface area contributed by atoms with E-state index in [-0.39, 0.29) is 12.5 Å². The van der Waals surface area contributed by atoms with Crippen molar-refractivity contribution >= 4 is 5.91 Å². The lowest BCUT2D eigenvalue weighted by Gasteiger charge is -2.40. The van der Waals surface area contributed by atoms with Gasteiger partial charge in [0, 0.05) is 6.42 Å². The number of hydrogen-bond acceptors (Lipinski definition) is 8. The van der Waals surface area contributed by atoms with Crippen molar-refractivity contribution in [2.45, 2.75) is 294 Å². The van der Waals surface area contributed by atoms with Gasteiger partial charge in [-0.2, -0.15) is 0 Å². The van der Waals surface area contributed by atoms with Crippen LogP contribution in [0.1, 0.15) is 251 Å². The molecule has 0 spiro atoms. The van der Waals surface area contributed by atoms with Gasteiger partial charge >= 0.3 is 0 Å².